The minimum absolute atomic E-state index is 0.256. The van der Waals surface area contributed by atoms with Gasteiger partial charge in [-0.1, -0.05) is 18.2 Å². The van der Waals surface area contributed by atoms with E-state index >= 15 is 0 Å². The molecule has 0 saturated carbocycles. The number of nitrogens with zero attached hydrogens (tertiary/aromatic N) is 6. The zero-order valence-corrected chi connectivity index (χ0v) is 16.4. The smallest absolute Gasteiger partial charge is 0.256 e. The van der Waals surface area contributed by atoms with Crippen molar-refractivity contribution < 1.29 is 9.18 Å². The van der Waals surface area contributed by atoms with Gasteiger partial charge >= 0.3 is 0 Å². The van der Waals surface area contributed by atoms with Gasteiger partial charge in [0, 0.05) is 11.6 Å². The number of carbonyl (C=O) groups is 1. The predicted molar refractivity (Wildman–Crippen MR) is 113 cm³/mol. The van der Waals surface area contributed by atoms with E-state index in [4.69, 9.17) is 0 Å². The quantitative estimate of drug-likeness (QED) is 0.485. The number of nitrogens with one attached hydrogen (secondary N) is 1. The second-order valence-corrected chi connectivity index (χ2v) is 6.87. The first-order valence-corrected chi connectivity index (χ1v) is 9.48. The minimum atomic E-state index is -0.332. The maximum Gasteiger partial charge on any atom is 0.256 e. The van der Waals surface area contributed by atoms with Crippen LogP contribution in [-0.2, 0) is 0 Å². The van der Waals surface area contributed by atoms with Crippen LogP contribution in [0.25, 0.3) is 22.5 Å². The Morgan fingerprint density at radius 3 is 2.55 bits per heavy atom. The maximum atomic E-state index is 13.3. The summed E-state index contributed by atoms with van der Waals surface area (Å²) in [7, 11) is 0. The van der Waals surface area contributed by atoms with E-state index in [1.807, 2.05) is 13.0 Å². The monoisotopic (exact) mass is 413 g/mol. The number of halogens is 1. The molecule has 5 aromatic rings. The summed E-state index contributed by atoms with van der Waals surface area (Å²) in [5.74, 6) is 0.353. The number of aromatic nitrogens is 6. The second-order valence-electron chi connectivity index (χ2n) is 6.87. The van der Waals surface area contributed by atoms with Gasteiger partial charge in [-0.3, -0.25) is 4.79 Å². The molecule has 0 aliphatic heterocycles. The third-order valence-corrected chi connectivity index (χ3v) is 4.73. The van der Waals surface area contributed by atoms with Crippen molar-refractivity contribution in [3.63, 3.8) is 0 Å². The first-order chi connectivity index (χ1) is 15.1. The number of fused-ring (bicyclic) bond motifs is 1. The largest absolute Gasteiger partial charge is 0.306 e. The molecule has 2 aromatic carbocycles. The maximum absolute atomic E-state index is 13.3. The van der Waals surface area contributed by atoms with Gasteiger partial charge in [0.05, 0.1) is 23.0 Å². The number of amides is 1. The Balaban J connectivity index is 1.57. The Labute approximate surface area is 176 Å². The Bertz CT molecular complexity index is 1390. The number of carbonyl (C=O) groups excluding carboxylic acids is 1. The molecule has 1 N–H and O–H groups in total. The lowest BCUT2D eigenvalue weighted by Crippen LogP contribution is -2.15. The molecule has 5 rings (SSSR count). The van der Waals surface area contributed by atoms with E-state index in [-0.39, 0.29) is 11.7 Å². The molecule has 152 valence electrons. The van der Waals surface area contributed by atoms with Crippen molar-refractivity contribution in [3.05, 3.63) is 90.3 Å². The van der Waals surface area contributed by atoms with E-state index in [1.165, 1.54) is 18.5 Å². The normalized spacial score (nSPS) is 11.0. The summed E-state index contributed by atoms with van der Waals surface area (Å²) in [5, 5.41) is 12.4. The summed E-state index contributed by atoms with van der Waals surface area (Å²) in [6.07, 6.45) is 3.02. The number of benzene rings is 2. The highest BCUT2D eigenvalue weighted by Gasteiger charge is 2.18. The van der Waals surface area contributed by atoms with Crippen molar-refractivity contribution in [2.45, 2.75) is 6.92 Å². The van der Waals surface area contributed by atoms with E-state index in [2.05, 4.69) is 25.5 Å². The van der Waals surface area contributed by atoms with Crippen LogP contribution in [0, 0.1) is 12.7 Å². The van der Waals surface area contributed by atoms with Gasteiger partial charge < -0.3 is 5.32 Å². The van der Waals surface area contributed by atoms with Gasteiger partial charge in [0.2, 0.25) is 0 Å². The molecule has 0 unspecified atom stereocenters. The summed E-state index contributed by atoms with van der Waals surface area (Å²) < 4.78 is 16.4. The zero-order valence-electron chi connectivity index (χ0n) is 16.4. The number of hydrogen-bond donors (Lipinski definition) is 1. The Kier molecular flexibility index (Phi) is 4.47. The molecule has 0 aliphatic carbocycles. The van der Waals surface area contributed by atoms with Crippen LogP contribution >= 0.6 is 0 Å². The van der Waals surface area contributed by atoms with E-state index in [1.54, 1.807) is 58.0 Å². The van der Waals surface area contributed by atoms with Gasteiger partial charge in [0.25, 0.3) is 5.91 Å². The van der Waals surface area contributed by atoms with Gasteiger partial charge in [-0.05, 0) is 43.3 Å². The number of hydrogen-bond acceptors (Lipinski definition) is 5. The van der Waals surface area contributed by atoms with Crippen LogP contribution in [0.1, 0.15) is 16.1 Å². The molecule has 8 nitrogen and oxygen atoms in total. The Morgan fingerprint density at radius 1 is 1.00 bits per heavy atom. The summed E-state index contributed by atoms with van der Waals surface area (Å²) in [5.41, 5.74) is 2.44. The molecule has 0 spiro atoms. The molecule has 0 radical (unpaired) electrons. The van der Waals surface area contributed by atoms with E-state index in [9.17, 15) is 9.18 Å². The van der Waals surface area contributed by atoms with Gasteiger partial charge in [0.15, 0.2) is 11.5 Å². The van der Waals surface area contributed by atoms with E-state index in [0.717, 1.165) is 0 Å². The highest BCUT2D eigenvalue weighted by Crippen LogP contribution is 2.24. The van der Waals surface area contributed by atoms with Crippen LogP contribution in [0.4, 0.5) is 10.2 Å². The number of aryl methyl sites for hydroxylation is 1. The van der Waals surface area contributed by atoms with E-state index in [0.29, 0.717) is 39.6 Å². The molecule has 3 aromatic heterocycles. The molecule has 0 bridgehead atoms. The first kappa shape index (κ1) is 18.6. The standard InChI is InChI=1S/C22H16FN7O/c1-14-11-19(27-22(31)15-5-3-2-4-6-15)30(28-14)21-18-12-26-29(20(18)24-13-25-21)17-9-7-16(23)8-10-17/h2-13H,1H3,(H,27,31). The summed E-state index contributed by atoms with van der Waals surface area (Å²) >= 11 is 0. The van der Waals surface area contributed by atoms with Gasteiger partial charge in [-0.15, -0.1) is 0 Å². The molecule has 1 amide bonds. The van der Waals surface area contributed by atoms with Gasteiger partial charge in [-0.2, -0.15) is 14.9 Å². The third-order valence-electron chi connectivity index (χ3n) is 4.73. The lowest BCUT2D eigenvalue weighted by molar-refractivity contribution is 0.102. The highest BCUT2D eigenvalue weighted by molar-refractivity contribution is 6.04. The van der Waals surface area contributed by atoms with E-state index < -0.39 is 0 Å². The first-order valence-electron chi connectivity index (χ1n) is 9.48. The van der Waals surface area contributed by atoms with Crippen molar-refractivity contribution in [3.8, 4) is 11.5 Å². The lowest BCUT2D eigenvalue weighted by Gasteiger charge is -2.09. The third kappa shape index (κ3) is 3.42. The SMILES string of the molecule is Cc1cc(NC(=O)c2ccccc2)n(-c2ncnc3c2cnn3-c2ccc(F)cc2)n1. The minimum Gasteiger partial charge on any atom is -0.306 e. The van der Waals surface area contributed by atoms with Crippen molar-refractivity contribution in [2.24, 2.45) is 0 Å². The topological polar surface area (TPSA) is 90.5 Å². The van der Waals surface area contributed by atoms with Crippen LogP contribution in [0.15, 0.2) is 73.2 Å². The van der Waals surface area contributed by atoms with Crippen LogP contribution in [0.3, 0.4) is 0 Å². The highest BCUT2D eigenvalue weighted by atomic mass is 19.1. The summed E-state index contributed by atoms with van der Waals surface area (Å²) in [4.78, 5) is 21.4. The molecule has 3 heterocycles. The fourth-order valence-corrected chi connectivity index (χ4v) is 3.30. The molecular formula is C22H16FN7O. The molecule has 9 heteroatoms. The molecule has 31 heavy (non-hydrogen) atoms. The second kappa shape index (κ2) is 7.45. The Hall–Kier alpha value is -4.40. The molecule has 0 aliphatic rings. The fraction of sp³-hybridized carbons (Fsp3) is 0.0455. The van der Waals surface area contributed by atoms with Gasteiger partial charge in [0.1, 0.15) is 18.0 Å². The average molecular weight is 413 g/mol. The van der Waals surface area contributed by atoms with Crippen molar-refractivity contribution >= 4 is 22.8 Å². The Morgan fingerprint density at radius 2 is 1.77 bits per heavy atom. The van der Waals surface area contributed by atoms with Gasteiger partial charge in [-0.25, -0.2) is 19.0 Å². The van der Waals surface area contributed by atoms with Crippen LogP contribution in [0.2, 0.25) is 0 Å². The zero-order chi connectivity index (χ0) is 21.4. The summed E-state index contributed by atoms with van der Waals surface area (Å²) in [6, 6.07) is 16.6. The number of rotatable bonds is 4. The average Bonchev–Trinajstić information content (AvgIpc) is 3.38. The fourth-order valence-electron chi connectivity index (χ4n) is 3.30. The van der Waals surface area contributed by atoms with Crippen molar-refractivity contribution in [2.75, 3.05) is 5.32 Å². The summed E-state index contributed by atoms with van der Waals surface area (Å²) in [6.45, 7) is 1.83. The van der Waals surface area contributed by atoms with Crippen molar-refractivity contribution in [1.29, 1.82) is 0 Å². The van der Waals surface area contributed by atoms with Crippen LogP contribution in [-0.4, -0.2) is 35.4 Å². The molecule has 0 fully saturated rings. The molecular weight excluding hydrogens is 397 g/mol. The molecule has 0 atom stereocenters. The number of anilines is 1. The van der Waals surface area contributed by atoms with Crippen molar-refractivity contribution in [1.82, 2.24) is 29.5 Å². The van der Waals surface area contributed by atoms with Crippen LogP contribution < -0.4 is 5.32 Å². The predicted octanol–water partition coefficient (Wildman–Crippen LogP) is 3.70. The van der Waals surface area contributed by atoms with Crippen LogP contribution in [0.5, 0.6) is 0 Å². The molecule has 0 saturated heterocycles. The lowest BCUT2D eigenvalue weighted by atomic mass is 10.2.